The molecule has 13 rings (SSSR count). The molecule has 3 aromatic heterocycles. The quantitative estimate of drug-likeness (QED) is 0.174. The van der Waals surface area contributed by atoms with Crippen LogP contribution in [0.25, 0.3) is 94.9 Å². The second-order valence-corrected chi connectivity index (χ2v) is 16.2. The van der Waals surface area contributed by atoms with E-state index in [4.69, 9.17) is 15.0 Å². The zero-order chi connectivity index (χ0) is 40.8. The molecule has 0 N–H and O–H groups in total. The first-order valence-corrected chi connectivity index (χ1v) is 21.0. The van der Waals surface area contributed by atoms with Gasteiger partial charge in [-0.2, -0.15) is 0 Å². The van der Waals surface area contributed by atoms with Gasteiger partial charge in [0.2, 0.25) is 0 Å². The van der Waals surface area contributed by atoms with Crippen molar-refractivity contribution in [2.45, 2.75) is 5.41 Å². The van der Waals surface area contributed by atoms with Crippen LogP contribution in [-0.2, 0) is 5.41 Å². The number of nitrogens with zero attached hydrogens (tertiary/aromatic N) is 5. The van der Waals surface area contributed by atoms with Crippen molar-refractivity contribution in [3.63, 3.8) is 0 Å². The number of hydrogen-bond acceptors (Lipinski definition) is 4. The van der Waals surface area contributed by atoms with Crippen LogP contribution in [0.3, 0.4) is 0 Å². The molecule has 0 radical (unpaired) electrons. The molecule has 288 valence electrons. The molecule has 0 saturated carbocycles. The first-order chi connectivity index (χ1) is 30.7. The molecule has 3 heterocycles. The average Bonchev–Trinajstić information content (AvgIpc) is 3.99. The highest BCUT2D eigenvalue weighted by molar-refractivity contribution is 6.14. The van der Waals surface area contributed by atoms with Crippen molar-refractivity contribution in [1.82, 2.24) is 24.5 Å². The highest BCUT2D eigenvalue weighted by Gasteiger charge is 2.52. The van der Waals surface area contributed by atoms with E-state index in [9.17, 15) is 0 Å². The first-order valence-electron chi connectivity index (χ1n) is 21.0. The van der Waals surface area contributed by atoms with Gasteiger partial charge < -0.3 is 4.57 Å². The predicted molar refractivity (Wildman–Crippen MR) is 250 cm³/mol. The van der Waals surface area contributed by atoms with Gasteiger partial charge in [-0.1, -0.05) is 164 Å². The molecule has 0 saturated heterocycles. The van der Waals surface area contributed by atoms with E-state index in [1.807, 2.05) is 48.8 Å². The summed E-state index contributed by atoms with van der Waals surface area (Å²) in [4.78, 5) is 19.7. The summed E-state index contributed by atoms with van der Waals surface area (Å²) in [5.74, 6) is 1.93. The second-order valence-electron chi connectivity index (χ2n) is 16.2. The van der Waals surface area contributed by atoms with Crippen LogP contribution in [0.4, 0.5) is 0 Å². The number of aromatic nitrogens is 5. The molecule has 2 aliphatic carbocycles. The van der Waals surface area contributed by atoms with Gasteiger partial charge in [0.1, 0.15) is 0 Å². The van der Waals surface area contributed by atoms with Crippen LogP contribution in [0.5, 0.6) is 0 Å². The predicted octanol–water partition coefficient (Wildman–Crippen LogP) is 13.4. The van der Waals surface area contributed by atoms with Gasteiger partial charge in [-0.15, -0.1) is 0 Å². The van der Waals surface area contributed by atoms with Crippen LogP contribution in [-0.4, -0.2) is 24.5 Å². The average molecular weight is 790 g/mol. The molecule has 5 nitrogen and oxygen atoms in total. The van der Waals surface area contributed by atoms with Gasteiger partial charge in [0.25, 0.3) is 0 Å². The summed E-state index contributed by atoms with van der Waals surface area (Å²) in [5.41, 5.74) is 16.9. The summed E-state index contributed by atoms with van der Waals surface area (Å²) in [5, 5.41) is 3.68. The van der Waals surface area contributed by atoms with E-state index in [2.05, 4.69) is 173 Å². The lowest BCUT2D eigenvalue weighted by Crippen LogP contribution is -2.26. The molecule has 0 atom stereocenters. The van der Waals surface area contributed by atoms with Crippen molar-refractivity contribution in [1.29, 1.82) is 0 Å². The highest BCUT2D eigenvalue weighted by Crippen LogP contribution is 2.63. The van der Waals surface area contributed by atoms with Gasteiger partial charge in [-0.05, 0) is 91.2 Å². The van der Waals surface area contributed by atoms with Crippen molar-refractivity contribution in [3.05, 3.63) is 235 Å². The summed E-state index contributed by atoms with van der Waals surface area (Å²) in [7, 11) is 0. The Balaban J connectivity index is 1.08. The summed E-state index contributed by atoms with van der Waals surface area (Å²) in [6, 6.07) is 69.7. The standard InChI is InChI=1S/C57H35N5/c1-3-14-37(15-4-1)54-59-55(38-16-5-2-6-17-38)61-56(60-54)40-24-27-46-45-26-23-39(33-50(45)57(51(46)34-40)48-21-11-9-19-43(48)44-20-10-12-22-49(44)57)47-35-62(41-29-31-58-32-30-41)52-28-25-36-13-7-8-18-42(36)53(47)52/h1-35H. The largest absolute Gasteiger partial charge is 0.316 e. The van der Waals surface area contributed by atoms with Crippen molar-refractivity contribution >= 4 is 21.7 Å². The second kappa shape index (κ2) is 13.4. The Morgan fingerprint density at radius 1 is 0.371 bits per heavy atom. The van der Waals surface area contributed by atoms with E-state index in [1.165, 1.54) is 71.8 Å². The van der Waals surface area contributed by atoms with E-state index < -0.39 is 5.41 Å². The minimum atomic E-state index is -0.590. The molecule has 11 aromatic rings. The summed E-state index contributed by atoms with van der Waals surface area (Å²) >= 11 is 0. The molecule has 8 aromatic carbocycles. The van der Waals surface area contributed by atoms with E-state index in [-0.39, 0.29) is 0 Å². The van der Waals surface area contributed by atoms with E-state index in [0.29, 0.717) is 17.5 Å². The fraction of sp³-hybridized carbons (Fsp3) is 0.0175. The Morgan fingerprint density at radius 3 is 1.53 bits per heavy atom. The first kappa shape index (κ1) is 34.6. The minimum absolute atomic E-state index is 0.590. The monoisotopic (exact) mass is 789 g/mol. The van der Waals surface area contributed by atoms with Crippen molar-refractivity contribution in [3.8, 4) is 73.2 Å². The summed E-state index contributed by atoms with van der Waals surface area (Å²) in [6.07, 6.45) is 6.04. The number of hydrogen-bond donors (Lipinski definition) is 0. The van der Waals surface area contributed by atoms with Gasteiger partial charge in [-0.3, -0.25) is 4.98 Å². The van der Waals surface area contributed by atoms with Gasteiger partial charge in [0, 0.05) is 51.9 Å². The van der Waals surface area contributed by atoms with Crippen LogP contribution in [0.2, 0.25) is 0 Å². The fourth-order valence-electron chi connectivity index (χ4n) is 10.3. The number of fused-ring (bicyclic) bond motifs is 13. The number of benzene rings is 8. The van der Waals surface area contributed by atoms with Gasteiger partial charge >= 0.3 is 0 Å². The van der Waals surface area contributed by atoms with Crippen LogP contribution in [0, 0.1) is 0 Å². The van der Waals surface area contributed by atoms with Crippen molar-refractivity contribution < 1.29 is 0 Å². The maximum absolute atomic E-state index is 5.18. The van der Waals surface area contributed by atoms with Crippen molar-refractivity contribution in [2.24, 2.45) is 0 Å². The van der Waals surface area contributed by atoms with Crippen molar-refractivity contribution in [2.75, 3.05) is 0 Å². The third-order valence-corrected chi connectivity index (χ3v) is 13.0. The van der Waals surface area contributed by atoms with Crippen LogP contribution >= 0.6 is 0 Å². The lowest BCUT2D eigenvalue weighted by molar-refractivity contribution is 0.794. The van der Waals surface area contributed by atoms with E-state index >= 15 is 0 Å². The molecule has 2 aliphatic rings. The summed E-state index contributed by atoms with van der Waals surface area (Å²) < 4.78 is 2.31. The normalized spacial score (nSPS) is 13.0. The Kier molecular flexibility index (Phi) is 7.45. The SMILES string of the molecule is c1ccc(-c2nc(-c3ccccc3)nc(-c3ccc4c(c3)C3(c5ccccc5-c5ccccc53)c3cc(-c5cn(-c6ccncc6)c6ccc7ccccc7c56)ccc3-4)n2)cc1. The third-order valence-electron chi connectivity index (χ3n) is 13.0. The molecule has 0 fully saturated rings. The Morgan fingerprint density at radius 2 is 0.887 bits per heavy atom. The van der Waals surface area contributed by atoms with E-state index in [1.54, 1.807) is 0 Å². The highest BCUT2D eigenvalue weighted by atomic mass is 15.0. The molecular weight excluding hydrogens is 755 g/mol. The fourth-order valence-corrected chi connectivity index (χ4v) is 10.3. The molecule has 0 amide bonds. The maximum Gasteiger partial charge on any atom is 0.164 e. The molecule has 5 heteroatoms. The van der Waals surface area contributed by atoms with Gasteiger partial charge in [0.05, 0.1) is 10.9 Å². The lowest BCUT2D eigenvalue weighted by Gasteiger charge is -2.31. The Labute approximate surface area is 358 Å². The van der Waals surface area contributed by atoms with Gasteiger partial charge in [-0.25, -0.2) is 15.0 Å². The third kappa shape index (κ3) is 4.96. The maximum atomic E-state index is 5.18. The van der Waals surface area contributed by atoms with Gasteiger partial charge in [0.15, 0.2) is 17.5 Å². The number of pyridine rings is 1. The molecule has 0 bridgehead atoms. The smallest absolute Gasteiger partial charge is 0.164 e. The topological polar surface area (TPSA) is 56.5 Å². The Hall–Kier alpha value is -8.28. The van der Waals surface area contributed by atoms with Crippen LogP contribution < -0.4 is 0 Å². The lowest BCUT2D eigenvalue weighted by atomic mass is 9.70. The number of rotatable bonds is 5. The molecule has 0 unspecified atom stereocenters. The minimum Gasteiger partial charge on any atom is -0.316 e. The Bertz CT molecular complexity index is 3470. The summed E-state index contributed by atoms with van der Waals surface area (Å²) in [6.45, 7) is 0. The van der Waals surface area contributed by atoms with E-state index in [0.717, 1.165) is 27.9 Å². The zero-order valence-electron chi connectivity index (χ0n) is 33.4. The van der Waals surface area contributed by atoms with Crippen LogP contribution in [0.1, 0.15) is 22.3 Å². The zero-order valence-corrected chi connectivity index (χ0v) is 33.4. The molecule has 0 aliphatic heterocycles. The molecule has 62 heavy (non-hydrogen) atoms. The van der Waals surface area contributed by atoms with Crippen LogP contribution in [0.15, 0.2) is 213 Å². The molecule has 1 spiro atoms. The molecular formula is C57H35N5.